The quantitative estimate of drug-likeness (QED) is 0.496. The van der Waals surface area contributed by atoms with Gasteiger partial charge in [0.25, 0.3) is 11.8 Å². The van der Waals surface area contributed by atoms with Gasteiger partial charge in [0, 0.05) is 31.6 Å². The minimum absolute atomic E-state index is 0.107. The van der Waals surface area contributed by atoms with Crippen molar-refractivity contribution in [3.8, 4) is 5.75 Å². The molecule has 1 aliphatic carbocycles. The first-order valence-corrected chi connectivity index (χ1v) is 14.3. The van der Waals surface area contributed by atoms with Gasteiger partial charge in [-0.15, -0.1) is 0 Å². The molecule has 0 aromatic heterocycles. The lowest BCUT2D eigenvalue weighted by molar-refractivity contribution is -0.140. The van der Waals surface area contributed by atoms with Crippen LogP contribution in [0.25, 0.3) is 0 Å². The molecule has 3 unspecified atom stereocenters. The lowest BCUT2D eigenvalue weighted by Crippen LogP contribution is -2.54. The Morgan fingerprint density at radius 2 is 1.90 bits per heavy atom. The summed E-state index contributed by atoms with van der Waals surface area (Å²) >= 11 is 0. The topological polar surface area (TPSA) is 138 Å². The van der Waals surface area contributed by atoms with E-state index in [4.69, 9.17) is 15.5 Å². The van der Waals surface area contributed by atoms with E-state index in [1.165, 1.54) is 9.80 Å². The number of hydrogen-bond acceptors (Lipinski definition) is 7. The minimum Gasteiger partial charge on any atom is -0.480 e. The monoisotopic (exact) mass is 561 g/mol. The van der Waals surface area contributed by atoms with E-state index >= 15 is 0 Å². The highest BCUT2D eigenvalue weighted by Crippen LogP contribution is 2.42. The fourth-order valence-corrected chi connectivity index (χ4v) is 6.24. The lowest BCUT2D eigenvalue weighted by atomic mass is 9.85. The summed E-state index contributed by atoms with van der Waals surface area (Å²) in [5.74, 6) is -0.253. The maximum absolute atomic E-state index is 13.6. The number of nitrogens with two attached hydrogens (primary N) is 1. The van der Waals surface area contributed by atoms with Crippen LogP contribution in [0.4, 0.5) is 0 Å². The van der Waals surface area contributed by atoms with Crippen LogP contribution in [-0.4, -0.2) is 70.4 Å². The third-order valence-electron chi connectivity index (χ3n) is 8.80. The zero-order valence-electron chi connectivity index (χ0n) is 24.1. The van der Waals surface area contributed by atoms with Crippen molar-refractivity contribution in [1.29, 1.82) is 0 Å². The first-order chi connectivity index (χ1) is 19.6. The summed E-state index contributed by atoms with van der Waals surface area (Å²) in [4.78, 5) is 47.8. The normalized spacial score (nSPS) is 24.9. The maximum Gasteiger partial charge on any atom is 0.263 e. The number of aliphatic hydroxyl groups excluding tert-OH is 1. The number of rotatable bonds is 6. The second-order valence-electron chi connectivity index (χ2n) is 11.4. The fourth-order valence-electron chi connectivity index (χ4n) is 6.24. The summed E-state index contributed by atoms with van der Waals surface area (Å²) in [6, 6.07) is 11.6. The van der Waals surface area contributed by atoms with Gasteiger partial charge in [0.1, 0.15) is 5.75 Å². The predicted octanol–water partition coefficient (Wildman–Crippen LogP) is 2.85. The van der Waals surface area contributed by atoms with E-state index in [-0.39, 0.29) is 36.5 Å². The van der Waals surface area contributed by atoms with Crippen molar-refractivity contribution in [1.82, 2.24) is 15.1 Å². The average molecular weight is 562 g/mol. The first-order valence-electron chi connectivity index (χ1n) is 14.3. The fraction of sp³-hybridized carbons (Fsp3) is 0.484. The van der Waals surface area contributed by atoms with Crippen molar-refractivity contribution < 1.29 is 24.2 Å². The lowest BCUT2D eigenvalue weighted by Gasteiger charge is -2.43. The van der Waals surface area contributed by atoms with E-state index in [0.717, 1.165) is 17.5 Å². The molecule has 3 amide bonds. The van der Waals surface area contributed by atoms with Crippen LogP contribution in [0.3, 0.4) is 0 Å². The molecule has 0 saturated heterocycles. The number of aliphatic imine (C=N–C) groups is 1. The van der Waals surface area contributed by atoms with E-state index in [1.807, 2.05) is 38.1 Å². The van der Waals surface area contributed by atoms with Gasteiger partial charge < -0.3 is 25.8 Å². The van der Waals surface area contributed by atoms with Gasteiger partial charge >= 0.3 is 0 Å². The van der Waals surface area contributed by atoms with Crippen LogP contribution >= 0.6 is 0 Å². The molecule has 0 spiro atoms. The molecule has 10 nitrogen and oxygen atoms in total. The van der Waals surface area contributed by atoms with E-state index in [9.17, 15) is 19.5 Å². The Hall–Kier alpha value is -3.92. The van der Waals surface area contributed by atoms with Crippen molar-refractivity contribution in [2.24, 2.45) is 10.7 Å². The highest BCUT2D eigenvalue weighted by atomic mass is 16.5. The second kappa shape index (κ2) is 11.2. The van der Waals surface area contributed by atoms with Gasteiger partial charge in [-0.2, -0.15) is 0 Å². The Labute approximate surface area is 240 Å². The molecule has 2 aliphatic heterocycles. The van der Waals surface area contributed by atoms with Gasteiger partial charge in [-0.25, -0.2) is 4.99 Å². The Kier molecular flexibility index (Phi) is 7.78. The summed E-state index contributed by atoms with van der Waals surface area (Å²) in [6.45, 7) is 3.98. The molecule has 4 atom stereocenters. The molecular formula is C31H39N5O5. The summed E-state index contributed by atoms with van der Waals surface area (Å²) in [7, 11) is 3.31. The van der Waals surface area contributed by atoms with Crippen LogP contribution < -0.4 is 15.8 Å². The maximum atomic E-state index is 13.6. The number of hydrogen-bond donors (Lipinski definition) is 3. The summed E-state index contributed by atoms with van der Waals surface area (Å²) in [5, 5.41) is 13.7. The predicted molar refractivity (Wildman–Crippen MR) is 154 cm³/mol. The van der Waals surface area contributed by atoms with Crippen molar-refractivity contribution in [3.63, 3.8) is 0 Å². The number of aliphatic hydroxyl groups is 1. The Morgan fingerprint density at radius 3 is 2.59 bits per heavy atom. The number of aryl methyl sites for hydroxylation is 1. The number of fused-ring (bicyclic) bond motifs is 2. The van der Waals surface area contributed by atoms with Crippen LogP contribution in [-0.2, 0) is 16.0 Å². The highest BCUT2D eigenvalue weighted by molar-refractivity contribution is 6.00. The molecule has 5 rings (SSSR count). The number of amides is 3. The molecule has 2 aromatic rings. The smallest absolute Gasteiger partial charge is 0.263 e. The van der Waals surface area contributed by atoms with Gasteiger partial charge in [0.05, 0.1) is 30.1 Å². The number of benzene rings is 2. The molecule has 3 aliphatic rings. The third-order valence-corrected chi connectivity index (χ3v) is 8.80. The van der Waals surface area contributed by atoms with Gasteiger partial charge in [-0.05, 0) is 55.0 Å². The van der Waals surface area contributed by atoms with Crippen LogP contribution in [0.15, 0.2) is 47.5 Å². The summed E-state index contributed by atoms with van der Waals surface area (Å²) < 4.78 is 6.10. The molecule has 218 valence electrons. The van der Waals surface area contributed by atoms with Crippen LogP contribution in [0.5, 0.6) is 5.75 Å². The summed E-state index contributed by atoms with van der Waals surface area (Å²) in [6.07, 6.45) is 1.48. The number of nitrogens with one attached hydrogen (secondary N) is 1. The molecule has 0 bridgehead atoms. The first kappa shape index (κ1) is 28.6. The number of carbonyl (C=O) groups excluding carboxylic acids is 3. The van der Waals surface area contributed by atoms with E-state index in [1.54, 1.807) is 32.3 Å². The summed E-state index contributed by atoms with van der Waals surface area (Å²) in [5.41, 5.74) is 8.84. The van der Waals surface area contributed by atoms with Crippen LogP contribution in [0.1, 0.15) is 85.1 Å². The van der Waals surface area contributed by atoms with Gasteiger partial charge in [0.2, 0.25) is 5.91 Å². The van der Waals surface area contributed by atoms with Crippen molar-refractivity contribution >= 4 is 23.7 Å². The minimum atomic E-state index is -0.833. The SMILES string of the molecule is CCC1(CC)CC(=O)N(C2CC(C(=O)N(C)C)Oc3ccc(C(=O)N[C@@H]4c5ccccc5CCC4O)cc32)C(N)=N1. The number of guanidine groups is 1. The number of nitrogens with zero attached hydrogens (tertiary/aromatic N) is 3. The molecule has 41 heavy (non-hydrogen) atoms. The van der Waals surface area contributed by atoms with Crippen molar-refractivity contribution in [2.45, 2.75) is 82.2 Å². The molecule has 2 aromatic carbocycles. The van der Waals surface area contributed by atoms with Gasteiger partial charge in [0.15, 0.2) is 12.1 Å². The van der Waals surface area contributed by atoms with Gasteiger partial charge in [-0.3, -0.25) is 19.3 Å². The molecule has 0 radical (unpaired) electrons. The molecule has 0 saturated carbocycles. The molecular weight excluding hydrogens is 522 g/mol. The van der Waals surface area contributed by atoms with Crippen molar-refractivity contribution in [2.75, 3.05) is 14.1 Å². The van der Waals surface area contributed by atoms with Crippen molar-refractivity contribution in [3.05, 3.63) is 64.7 Å². The van der Waals surface area contributed by atoms with E-state index in [2.05, 4.69) is 5.32 Å². The highest BCUT2D eigenvalue weighted by Gasteiger charge is 2.45. The Morgan fingerprint density at radius 1 is 1.17 bits per heavy atom. The average Bonchev–Trinajstić information content (AvgIpc) is 2.97. The van der Waals surface area contributed by atoms with Crippen LogP contribution in [0, 0.1) is 0 Å². The van der Waals surface area contributed by atoms with Crippen LogP contribution in [0.2, 0.25) is 0 Å². The largest absolute Gasteiger partial charge is 0.480 e. The molecule has 2 heterocycles. The third kappa shape index (κ3) is 5.28. The molecule has 4 N–H and O–H groups in total. The number of ether oxygens (including phenoxy) is 1. The standard InChI is InChI=1S/C31H39N5O5/c1-5-31(6-2)17-26(38)36(30(32)34-31)22-16-25(29(40)35(3)4)41-24-14-12-19(15-21(22)24)28(39)33-27-20-10-8-7-9-18(20)11-13-23(27)37/h7-10,12,14-15,22-23,25,27,37H,5-6,11,13,16-17H2,1-4H3,(H2,32,34)(H,33,39)/t22?,23?,25?,27-/m1/s1. The second-order valence-corrected chi connectivity index (χ2v) is 11.4. The van der Waals surface area contributed by atoms with E-state index < -0.39 is 29.8 Å². The van der Waals surface area contributed by atoms with E-state index in [0.29, 0.717) is 36.1 Å². The molecule has 10 heteroatoms. The Balaban J connectivity index is 1.50. The zero-order chi connectivity index (χ0) is 29.5. The zero-order valence-corrected chi connectivity index (χ0v) is 24.1. The van der Waals surface area contributed by atoms with Gasteiger partial charge in [-0.1, -0.05) is 38.1 Å². The Bertz CT molecular complexity index is 1380. The number of likely N-dealkylation sites (N-methyl/N-ethyl adjacent to an activating group) is 1. The molecule has 0 fully saturated rings. The number of carbonyl (C=O) groups is 3.